The molecule has 2 amide bonds. The maximum absolute atomic E-state index is 13.3. The third-order valence-electron chi connectivity index (χ3n) is 4.83. The molecular weight excluding hydrogens is 385 g/mol. The topological polar surface area (TPSA) is 98.6 Å². The molecule has 0 atom stereocenters. The number of benzene rings is 2. The number of halogens is 1. The molecule has 0 aromatic heterocycles. The minimum Gasteiger partial charge on any atom is -0.444 e. The zero-order valence-electron chi connectivity index (χ0n) is 17.4. The zero-order valence-corrected chi connectivity index (χ0v) is 17.4. The van der Waals surface area contributed by atoms with Gasteiger partial charge < -0.3 is 21.1 Å². The minimum absolute atomic E-state index is 0.210. The fourth-order valence-corrected chi connectivity index (χ4v) is 3.34. The van der Waals surface area contributed by atoms with Crippen LogP contribution in [0.25, 0.3) is 16.7 Å². The largest absolute Gasteiger partial charge is 0.444 e. The SMILES string of the molecule is CC(C)(C)OC(=O)N1CC=C(c2cc(-c3ccc(F)cc3)cc(C(N)=O)c2N)CC1. The van der Waals surface area contributed by atoms with Crippen molar-refractivity contribution in [2.45, 2.75) is 32.8 Å². The summed E-state index contributed by atoms with van der Waals surface area (Å²) in [5, 5.41) is 0. The summed E-state index contributed by atoms with van der Waals surface area (Å²) in [6.45, 7) is 6.30. The van der Waals surface area contributed by atoms with Gasteiger partial charge in [0.15, 0.2) is 0 Å². The Labute approximate surface area is 175 Å². The normalized spacial score (nSPS) is 14.3. The van der Waals surface area contributed by atoms with Crippen LogP contribution in [0.2, 0.25) is 0 Å². The van der Waals surface area contributed by atoms with Crippen LogP contribution in [0.5, 0.6) is 0 Å². The van der Waals surface area contributed by atoms with E-state index in [1.807, 2.05) is 32.9 Å². The van der Waals surface area contributed by atoms with Crippen molar-refractivity contribution in [3.63, 3.8) is 0 Å². The molecule has 2 aromatic carbocycles. The van der Waals surface area contributed by atoms with E-state index in [0.717, 1.165) is 11.1 Å². The predicted molar refractivity (Wildman–Crippen MR) is 115 cm³/mol. The van der Waals surface area contributed by atoms with Gasteiger partial charge in [-0.1, -0.05) is 18.2 Å². The minimum atomic E-state index is -0.635. The Balaban J connectivity index is 1.94. The molecule has 0 radical (unpaired) electrons. The highest BCUT2D eigenvalue weighted by atomic mass is 19.1. The molecule has 0 saturated heterocycles. The van der Waals surface area contributed by atoms with Gasteiger partial charge in [0, 0.05) is 18.7 Å². The maximum atomic E-state index is 13.3. The number of hydrogen-bond donors (Lipinski definition) is 2. The molecule has 6 nitrogen and oxygen atoms in total. The Morgan fingerprint density at radius 1 is 1.10 bits per heavy atom. The predicted octanol–water partition coefficient (Wildman–Crippen LogP) is 4.20. The van der Waals surface area contributed by atoms with E-state index in [-0.39, 0.29) is 17.5 Å². The van der Waals surface area contributed by atoms with E-state index in [9.17, 15) is 14.0 Å². The molecule has 2 aromatic rings. The van der Waals surface area contributed by atoms with E-state index in [0.29, 0.717) is 36.3 Å². The van der Waals surface area contributed by atoms with Gasteiger partial charge in [-0.25, -0.2) is 9.18 Å². The number of nitrogens with zero attached hydrogens (tertiary/aromatic N) is 1. The van der Waals surface area contributed by atoms with Crippen molar-refractivity contribution in [2.75, 3.05) is 18.8 Å². The lowest BCUT2D eigenvalue weighted by molar-refractivity contribution is 0.0270. The average Bonchev–Trinajstić information content (AvgIpc) is 2.67. The fourth-order valence-electron chi connectivity index (χ4n) is 3.34. The van der Waals surface area contributed by atoms with Gasteiger partial charge in [0.05, 0.1) is 11.3 Å². The van der Waals surface area contributed by atoms with Gasteiger partial charge >= 0.3 is 6.09 Å². The van der Waals surface area contributed by atoms with E-state index in [4.69, 9.17) is 16.2 Å². The average molecular weight is 411 g/mol. The van der Waals surface area contributed by atoms with Crippen LogP contribution in [0.3, 0.4) is 0 Å². The smallest absolute Gasteiger partial charge is 0.410 e. The van der Waals surface area contributed by atoms with Gasteiger partial charge in [-0.05, 0) is 68.2 Å². The van der Waals surface area contributed by atoms with Crippen LogP contribution in [0.1, 0.15) is 43.1 Å². The van der Waals surface area contributed by atoms with Crippen LogP contribution < -0.4 is 11.5 Å². The number of ether oxygens (including phenoxy) is 1. The lowest BCUT2D eigenvalue weighted by Gasteiger charge is -2.30. The van der Waals surface area contributed by atoms with Gasteiger partial charge in [0.2, 0.25) is 0 Å². The molecule has 0 aliphatic carbocycles. The van der Waals surface area contributed by atoms with Gasteiger partial charge in [-0.2, -0.15) is 0 Å². The quantitative estimate of drug-likeness (QED) is 0.740. The number of hydrogen-bond acceptors (Lipinski definition) is 4. The number of anilines is 1. The van der Waals surface area contributed by atoms with E-state index in [1.54, 1.807) is 23.1 Å². The molecule has 1 aliphatic rings. The third-order valence-corrected chi connectivity index (χ3v) is 4.83. The first-order valence-corrected chi connectivity index (χ1v) is 9.72. The van der Waals surface area contributed by atoms with Gasteiger partial charge in [-0.3, -0.25) is 4.79 Å². The fraction of sp³-hybridized carbons (Fsp3) is 0.304. The van der Waals surface area contributed by atoms with E-state index in [1.165, 1.54) is 12.1 Å². The summed E-state index contributed by atoms with van der Waals surface area (Å²) in [4.78, 5) is 25.9. The first-order valence-electron chi connectivity index (χ1n) is 9.72. The molecule has 158 valence electrons. The number of amides is 2. The van der Waals surface area contributed by atoms with Gasteiger partial charge in [-0.15, -0.1) is 0 Å². The maximum Gasteiger partial charge on any atom is 0.410 e. The van der Waals surface area contributed by atoms with Gasteiger partial charge in [0.25, 0.3) is 5.91 Å². The van der Waals surface area contributed by atoms with Crippen LogP contribution in [0.15, 0.2) is 42.5 Å². The van der Waals surface area contributed by atoms with Crippen molar-refractivity contribution >= 4 is 23.3 Å². The monoisotopic (exact) mass is 411 g/mol. The van der Waals surface area contributed by atoms with Crippen molar-refractivity contribution in [3.05, 3.63) is 59.4 Å². The molecular formula is C23H26FN3O3. The second-order valence-electron chi connectivity index (χ2n) is 8.26. The molecule has 7 heteroatoms. The van der Waals surface area contributed by atoms with Crippen LogP contribution in [-0.4, -0.2) is 35.6 Å². The van der Waals surface area contributed by atoms with Crippen molar-refractivity contribution < 1.29 is 18.7 Å². The number of carbonyl (C=O) groups is 2. The first kappa shape index (κ1) is 21.4. The lowest BCUT2D eigenvalue weighted by atomic mass is 9.91. The summed E-state index contributed by atoms with van der Waals surface area (Å²) >= 11 is 0. The van der Waals surface area contributed by atoms with Crippen LogP contribution in [0, 0.1) is 5.82 Å². The summed E-state index contributed by atoms with van der Waals surface area (Å²) in [5.74, 6) is -0.980. The van der Waals surface area contributed by atoms with E-state index >= 15 is 0 Å². The van der Waals surface area contributed by atoms with Crippen LogP contribution >= 0.6 is 0 Å². The third kappa shape index (κ3) is 4.79. The first-order chi connectivity index (χ1) is 14.0. The lowest BCUT2D eigenvalue weighted by Crippen LogP contribution is -2.39. The molecule has 1 aliphatic heterocycles. The molecule has 3 rings (SSSR count). The van der Waals surface area contributed by atoms with Crippen molar-refractivity contribution in [2.24, 2.45) is 5.73 Å². The Morgan fingerprint density at radius 3 is 2.30 bits per heavy atom. The molecule has 0 fully saturated rings. The number of rotatable bonds is 3. The Bertz CT molecular complexity index is 1010. The summed E-state index contributed by atoms with van der Waals surface area (Å²) in [6.07, 6.45) is 2.08. The molecule has 30 heavy (non-hydrogen) atoms. The number of nitrogens with two attached hydrogens (primary N) is 2. The Kier molecular flexibility index (Phi) is 5.82. The Morgan fingerprint density at radius 2 is 1.77 bits per heavy atom. The second-order valence-corrected chi connectivity index (χ2v) is 8.26. The molecule has 0 spiro atoms. The number of carbonyl (C=O) groups excluding carboxylic acids is 2. The van der Waals surface area contributed by atoms with Crippen molar-refractivity contribution in [3.8, 4) is 11.1 Å². The second kappa shape index (κ2) is 8.18. The number of primary amides is 1. The Hall–Kier alpha value is -3.35. The summed E-state index contributed by atoms with van der Waals surface area (Å²) < 4.78 is 18.7. The zero-order chi connectivity index (χ0) is 22.1. The van der Waals surface area contributed by atoms with Crippen molar-refractivity contribution in [1.82, 2.24) is 4.90 Å². The highest BCUT2D eigenvalue weighted by Crippen LogP contribution is 2.34. The van der Waals surface area contributed by atoms with Crippen molar-refractivity contribution in [1.29, 1.82) is 0 Å². The molecule has 1 heterocycles. The van der Waals surface area contributed by atoms with Crippen LogP contribution in [-0.2, 0) is 4.74 Å². The van der Waals surface area contributed by atoms with Gasteiger partial charge in [0.1, 0.15) is 11.4 Å². The highest BCUT2D eigenvalue weighted by Gasteiger charge is 2.25. The summed E-state index contributed by atoms with van der Waals surface area (Å²) in [7, 11) is 0. The molecule has 0 unspecified atom stereocenters. The van der Waals surface area contributed by atoms with Crippen LogP contribution in [0.4, 0.5) is 14.9 Å². The number of nitrogen functional groups attached to an aromatic ring is 1. The van der Waals surface area contributed by atoms with E-state index in [2.05, 4.69) is 0 Å². The molecule has 4 N–H and O–H groups in total. The molecule has 0 saturated carbocycles. The molecule has 0 bridgehead atoms. The standard InChI is InChI=1S/C23H26FN3O3/c1-23(2,3)30-22(29)27-10-8-15(9-11-27)18-12-16(13-19(20(18)25)21(26)28)14-4-6-17(24)7-5-14/h4-8,12-13H,9-11,25H2,1-3H3,(H2,26,28). The van der Waals surface area contributed by atoms with E-state index < -0.39 is 11.5 Å². The highest BCUT2D eigenvalue weighted by molar-refractivity contribution is 6.02. The summed E-state index contributed by atoms with van der Waals surface area (Å²) in [5.41, 5.74) is 14.8. The summed E-state index contributed by atoms with van der Waals surface area (Å²) in [6, 6.07) is 9.46.